The largest absolute Gasteiger partial charge is 0.395 e. The summed E-state index contributed by atoms with van der Waals surface area (Å²) >= 11 is 0. The molecule has 0 amide bonds. The van der Waals surface area contributed by atoms with Gasteiger partial charge in [0.2, 0.25) is 0 Å². The van der Waals surface area contributed by atoms with Gasteiger partial charge in [-0.2, -0.15) is 0 Å². The first-order valence-electron chi connectivity index (χ1n) is 7.28. The molecule has 1 heterocycles. The minimum atomic E-state index is 0.230. The lowest BCUT2D eigenvalue weighted by Gasteiger charge is -2.36. The van der Waals surface area contributed by atoms with Gasteiger partial charge in [-0.25, -0.2) is 0 Å². The number of nitrogens with zero attached hydrogens (tertiary/aromatic N) is 2. The maximum absolute atomic E-state index is 9.35. The van der Waals surface area contributed by atoms with Crippen molar-refractivity contribution in [2.45, 2.75) is 51.2 Å². The van der Waals surface area contributed by atoms with Crippen LogP contribution in [0.1, 0.15) is 33.1 Å². The Bertz CT molecular complexity index is 223. The fourth-order valence-corrected chi connectivity index (χ4v) is 2.74. The van der Waals surface area contributed by atoms with Crippen LogP contribution in [0, 0.1) is 0 Å². The Morgan fingerprint density at radius 3 is 2.72 bits per heavy atom. The Morgan fingerprint density at radius 1 is 1.44 bits per heavy atom. The second-order valence-electron chi connectivity index (χ2n) is 6.03. The molecule has 0 saturated carbocycles. The van der Waals surface area contributed by atoms with Gasteiger partial charge < -0.3 is 20.2 Å². The van der Waals surface area contributed by atoms with Gasteiger partial charge in [-0.05, 0) is 46.4 Å². The van der Waals surface area contributed by atoms with E-state index >= 15 is 0 Å². The fourth-order valence-electron chi connectivity index (χ4n) is 2.74. The van der Waals surface area contributed by atoms with Crippen molar-refractivity contribution in [2.75, 3.05) is 40.3 Å². The summed E-state index contributed by atoms with van der Waals surface area (Å²) in [6, 6.07) is 1.35. The van der Waals surface area contributed by atoms with Crippen LogP contribution in [0.2, 0.25) is 0 Å². The van der Waals surface area contributed by atoms with Crippen LogP contribution >= 0.6 is 0 Å². The summed E-state index contributed by atoms with van der Waals surface area (Å²) in [5.74, 6) is 0. The molecule has 0 bridgehead atoms. The number of aliphatic hydroxyl groups is 1. The van der Waals surface area contributed by atoms with Crippen LogP contribution in [0.25, 0.3) is 0 Å². The molecule has 0 radical (unpaired) electrons. The first-order valence-corrected chi connectivity index (χ1v) is 7.28. The lowest BCUT2D eigenvalue weighted by Crippen LogP contribution is -2.47. The van der Waals surface area contributed by atoms with Crippen LogP contribution in [-0.4, -0.2) is 73.4 Å². The third kappa shape index (κ3) is 5.65. The molecule has 1 saturated heterocycles. The van der Waals surface area contributed by atoms with Gasteiger partial charge in [-0.3, -0.25) is 0 Å². The number of nitrogens with one attached hydrogen (secondary N) is 1. The molecular formula is C14H31N3O. The van der Waals surface area contributed by atoms with Gasteiger partial charge in [0.15, 0.2) is 0 Å². The molecular weight excluding hydrogens is 226 g/mol. The second-order valence-corrected chi connectivity index (χ2v) is 6.03. The number of likely N-dealkylation sites (N-methyl/N-ethyl adjacent to an activating group) is 2. The van der Waals surface area contributed by atoms with E-state index in [2.05, 4.69) is 43.1 Å². The van der Waals surface area contributed by atoms with E-state index in [-0.39, 0.29) is 12.6 Å². The van der Waals surface area contributed by atoms with Crippen molar-refractivity contribution in [3.63, 3.8) is 0 Å². The molecule has 2 atom stereocenters. The molecule has 4 nitrogen and oxygen atoms in total. The van der Waals surface area contributed by atoms with Crippen LogP contribution in [0.4, 0.5) is 0 Å². The molecule has 108 valence electrons. The van der Waals surface area contributed by atoms with Crippen LogP contribution in [0.3, 0.4) is 0 Å². The average molecular weight is 257 g/mol. The summed E-state index contributed by atoms with van der Waals surface area (Å²) in [7, 11) is 4.42. The van der Waals surface area contributed by atoms with Gasteiger partial charge in [0.25, 0.3) is 0 Å². The van der Waals surface area contributed by atoms with Crippen molar-refractivity contribution in [3.05, 3.63) is 0 Å². The van der Waals surface area contributed by atoms with E-state index in [0.29, 0.717) is 12.1 Å². The van der Waals surface area contributed by atoms with Crippen molar-refractivity contribution < 1.29 is 5.11 Å². The summed E-state index contributed by atoms with van der Waals surface area (Å²) in [5, 5.41) is 12.8. The quantitative estimate of drug-likeness (QED) is 0.706. The summed E-state index contributed by atoms with van der Waals surface area (Å²) in [6.45, 7) is 7.96. The van der Waals surface area contributed by atoms with E-state index < -0.39 is 0 Å². The summed E-state index contributed by atoms with van der Waals surface area (Å²) in [4.78, 5) is 4.88. The number of rotatable bonds is 7. The smallest absolute Gasteiger partial charge is 0.0585 e. The summed E-state index contributed by atoms with van der Waals surface area (Å²) < 4.78 is 0. The van der Waals surface area contributed by atoms with Crippen molar-refractivity contribution >= 4 is 0 Å². The highest BCUT2D eigenvalue weighted by Crippen LogP contribution is 2.13. The van der Waals surface area contributed by atoms with Gasteiger partial charge in [-0.1, -0.05) is 13.8 Å². The van der Waals surface area contributed by atoms with Gasteiger partial charge in [0, 0.05) is 24.7 Å². The molecule has 2 unspecified atom stereocenters. The molecule has 0 aromatic carbocycles. The van der Waals surface area contributed by atoms with Crippen molar-refractivity contribution in [1.82, 2.24) is 15.1 Å². The van der Waals surface area contributed by atoms with Gasteiger partial charge in [0.1, 0.15) is 0 Å². The van der Waals surface area contributed by atoms with E-state index in [9.17, 15) is 5.11 Å². The van der Waals surface area contributed by atoms with Crippen LogP contribution in [0.5, 0.6) is 0 Å². The normalized spacial score (nSPS) is 23.8. The minimum Gasteiger partial charge on any atom is -0.395 e. The molecule has 4 heteroatoms. The van der Waals surface area contributed by atoms with Crippen LogP contribution < -0.4 is 5.32 Å². The standard InChI is InChI=1S/C14H31N3O/c1-12(2)15-13(11-18)7-9-17(4)14-6-5-8-16(3)10-14/h12-15,18H,5-11H2,1-4H3. The molecule has 0 aromatic heterocycles. The Hall–Kier alpha value is -0.160. The number of piperidine rings is 1. The summed E-state index contributed by atoms with van der Waals surface area (Å²) in [6.07, 6.45) is 3.63. The Balaban J connectivity index is 2.28. The van der Waals surface area contributed by atoms with E-state index in [1.165, 1.54) is 25.9 Å². The Kier molecular flexibility index (Phi) is 7.15. The first-order chi connectivity index (χ1) is 8.52. The molecule has 0 aliphatic carbocycles. The van der Waals surface area contributed by atoms with E-state index in [1.807, 2.05) is 0 Å². The minimum absolute atomic E-state index is 0.230. The number of likely N-dealkylation sites (tertiary alicyclic amines) is 1. The monoisotopic (exact) mass is 257 g/mol. The molecule has 1 rings (SSSR count). The molecule has 1 aliphatic rings. The van der Waals surface area contributed by atoms with Crippen molar-refractivity contribution in [1.29, 1.82) is 0 Å². The van der Waals surface area contributed by atoms with E-state index in [4.69, 9.17) is 0 Å². The van der Waals surface area contributed by atoms with Crippen LogP contribution in [0.15, 0.2) is 0 Å². The highest BCUT2D eigenvalue weighted by molar-refractivity contribution is 4.79. The first kappa shape index (κ1) is 15.9. The van der Waals surface area contributed by atoms with Crippen molar-refractivity contribution in [2.24, 2.45) is 0 Å². The zero-order valence-electron chi connectivity index (χ0n) is 12.5. The maximum Gasteiger partial charge on any atom is 0.0585 e. The fraction of sp³-hybridized carbons (Fsp3) is 1.00. The molecule has 0 spiro atoms. The van der Waals surface area contributed by atoms with E-state index in [0.717, 1.165) is 13.0 Å². The van der Waals surface area contributed by atoms with Crippen LogP contribution in [-0.2, 0) is 0 Å². The molecule has 1 fully saturated rings. The predicted octanol–water partition coefficient (Wildman–Crippen LogP) is 0.761. The van der Waals surface area contributed by atoms with Crippen molar-refractivity contribution in [3.8, 4) is 0 Å². The molecule has 0 aromatic rings. The molecule has 18 heavy (non-hydrogen) atoms. The maximum atomic E-state index is 9.35. The highest BCUT2D eigenvalue weighted by Gasteiger charge is 2.21. The zero-order valence-corrected chi connectivity index (χ0v) is 12.5. The lowest BCUT2D eigenvalue weighted by atomic mass is 10.0. The molecule has 1 aliphatic heterocycles. The third-order valence-corrected chi connectivity index (χ3v) is 3.84. The topological polar surface area (TPSA) is 38.7 Å². The number of aliphatic hydroxyl groups excluding tert-OH is 1. The molecule has 2 N–H and O–H groups in total. The third-order valence-electron chi connectivity index (χ3n) is 3.84. The van der Waals surface area contributed by atoms with Gasteiger partial charge in [0.05, 0.1) is 6.61 Å². The summed E-state index contributed by atoms with van der Waals surface area (Å²) in [5.41, 5.74) is 0. The average Bonchev–Trinajstić information content (AvgIpc) is 2.33. The zero-order chi connectivity index (χ0) is 13.5. The predicted molar refractivity (Wildman–Crippen MR) is 76.9 cm³/mol. The van der Waals surface area contributed by atoms with E-state index in [1.54, 1.807) is 0 Å². The Morgan fingerprint density at radius 2 is 2.17 bits per heavy atom. The second kappa shape index (κ2) is 8.10. The SMILES string of the molecule is CC(C)NC(CO)CCN(C)C1CCCN(C)C1. The van der Waals surface area contributed by atoms with Gasteiger partial charge >= 0.3 is 0 Å². The van der Waals surface area contributed by atoms with Gasteiger partial charge in [-0.15, -0.1) is 0 Å². The number of hydrogen-bond donors (Lipinski definition) is 2. The number of hydrogen-bond acceptors (Lipinski definition) is 4. The Labute approximate surface area is 112 Å². The highest BCUT2D eigenvalue weighted by atomic mass is 16.3. The lowest BCUT2D eigenvalue weighted by molar-refractivity contribution is 0.125.